The predicted molar refractivity (Wildman–Crippen MR) is 132 cm³/mol. The average molecular weight is 529 g/mol. The van der Waals surface area contributed by atoms with E-state index in [9.17, 15) is 14.4 Å². The minimum Gasteiger partial charge on any atom is -0.492 e. The van der Waals surface area contributed by atoms with Crippen LogP contribution in [0.5, 0.6) is 5.75 Å². The number of nitrogen functional groups attached to an aromatic ring is 1. The molecule has 0 bridgehead atoms. The molecule has 0 spiro atoms. The van der Waals surface area contributed by atoms with E-state index < -0.39 is 12.1 Å². The van der Waals surface area contributed by atoms with Gasteiger partial charge in [0, 0.05) is 15.7 Å². The molecule has 0 radical (unpaired) electrons. The maximum Gasteiger partial charge on any atom is 0.407 e. The predicted octanol–water partition coefficient (Wildman–Crippen LogP) is 4.84. The number of amides is 1. The van der Waals surface area contributed by atoms with Crippen LogP contribution in [-0.4, -0.2) is 36.6 Å². The first-order valence-corrected chi connectivity index (χ1v) is 11.0. The fourth-order valence-corrected chi connectivity index (χ4v) is 2.92. The third kappa shape index (κ3) is 9.33. The Morgan fingerprint density at radius 1 is 1.06 bits per heavy atom. The van der Waals surface area contributed by atoms with E-state index in [4.69, 9.17) is 20.3 Å². The molecule has 3 aromatic carbocycles. The molecule has 0 unspecified atom stereocenters. The summed E-state index contributed by atoms with van der Waals surface area (Å²) in [6.07, 6.45) is 0.292. The Hall–Kier alpha value is -3.85. The number of aryl methyl sites for hydroxylation is 1. The van der Waals surface area contributed by atoms with Gasteiger partial charge in [0.05, 0.1) is 12.1 Å². The van der Waals surface area contributed by atoms with E-state index in [-0.39, 0.29) is 17.9 Å². The monoisotopic (exact) mass is 528 g/mol. The molecule has 0 aliphatic carbocycles. The second kappa shape index (κ2) is 13.6. The summed E-state index contributed by atoms with van der Waals surface area (Å²) in [4.78, 5) is 32.6. The number of aldehydes is 1. The Morgan fingerprint density at radius 2 is 1.74 bits per heavy atom. The van der Waals surface area contributed by atoms with Crippen molar-refractivity contribution >= 4 is 40.0 Å². The molecule has 0 aliphatic rings. The molecule has 3 aromatic rings. The van der Waals surface area contributed by atoms with Crippen LogP contribution in [0.1, 0.15) is 31.8 Å². The lowest BCUT2D eigenvalue weighted by Gasteiger charge is -2.09. The molecule has 4 N–H and O–H groups in total. The van der Waals surface area contributed by atoms with Gasteiger partial charge in [-0.15, -0.1) is 0 Å². The molecule has 8 nitrogen and oxygen atoms in total. The number of hydrogen-bond acceptors (Lipinski definition) is 6. The van der Waals surface area contributed by atoms with E-state index in [0.717, 1.165) is 17.4 Å². The van der Waals surface area contributed by atoms with Gasteiger partial charge in [-0.25, -0.2) is 9.59 Å². The summed E-state index contributed by atoms with van der Waals surface area (Å²) in [5.41, 5.74) is 8.49. The highest BCUT2D eigenvalue weighted by Crippen LogP contribution is 2.18. The molecule has 178 valence electrons. The molecule has 34 heavy (non-hydrogen) atoms. The quantitative estimate of drug-likeness (QED) is 0.216. The maximum absolute atomic E-state index is 11.6. The number of nitrogens with two attached hydrogens (primary N) is 1. The summed E-state index contributed by atoms with van der Waals surface area (Å²) in [7, 11) is 0. The summed E-state index contributed by atoms with van der Waals surface area (Å²) in [5.74, 6) is -0.366. The van der Waals surface area contributed by atoms with Crippen LogP contribution < -0.4 is 15.8 Å². The minimum absolute atomic E-state index is 0.124. The molecule has 0 saturated carbocycles. The summed E-state index contributed by atoms with van der Waals surface area (Å²) in [6.45, 7) is 2.90. The number of ether oxygens (including phenoxy) is 2. The zero-order chi connectivity index (χ0) is 24.9. The first-order valence-electron chi connectivity index (χ1n) is 10.2. The van der Waals surface area contributed by atoms with Gasteiger partial charge in [0.1, 0.15) is 25.2 Å². The van der Waals surface area contributed by atoms with E-state index in [1.54, 1.807) is 36.4 Å². The summed E-state index contributed by atoms with van der Waals surface area (Å²) < 4.78 is 11.3. The van der Waals surface area contributed by atoms with Crippen LogP contribution in [0.4, 0.5) is 10.5 Å². The topological polar surface area (TPSA) is 128 Å². The van der Waals surface area contributed by atoms with E-state index in [0.29, 0.717) is 28.9 Å². The van der Waals surface area contributed by atoms with Crippen LogP contribution in [0, 0.1) is 6.92 Å². The number of nitrogens with one attached hydrogen (secondary N) is 1. The number of aromatic carboxylic acids is 1. The van der Waals surface area contributed by atoms with Crippen LogP contribution in [0.2, 0.25) is 0 Å². The van der Waals surface area contributed by atoms with Crippen molar-refractivity contribution in [3.05, 3.63) is 93.5 Å². The Kier molecular flexibility index (Phi) is 10.6. The van der Waals surface area contributed by atoms with Gasteiger partial charge in [-0.1, -0.05) is 45.8 Å². The van der Waals surface area contributed by atoms with Crippen molar-refractivity contribution in [2.75, 3.05) is 18.9 Å². The normalized spacial score (nSPS) is 9.82. The highest BCUT2D eigenvalue weighted by Gasteiger charge is 2.06. The molecule has 0 atom stereocenters. The Bertz CT molecular complexity index is 1100. The highest BCUT2D eigenvalue weighted by atomic mass is 79.9. The number of anilines is 1. The van der Waals surface area contributed by atoms with Crippen LogP contribution in [0.3, 0.4) is 0 Å². The number of carbonyl (C=O) groups is 3. The number of rotatable bonds is 8. The van der Waals surface area contributed by atoms with E-state index >= 15 is 0 Å². The summed E-state index contributed by atoms with van der Waals surface area (Å²) in [5, 5.41) is 11.2. The Morgan fingerprint density at radius 3 is 2.32 bits per heavy atom. The second-order valence-electron chi connectivity index (χ2n) is 7.06. The van der Waals surface area contributed by atoms with E-state index in [2.05, 4.69) is 21.2 Å². The highest BCUT2D eigenvalue weighted by molar-refractivity contribution is 9.10. The van der Waals surface area contributed by atoms with E-state index in [1.807, 2.05) is 31.2 Å². The molecule has 0 heterocycles. The number of alkyl carbamates (subject to hydrolysis) is 1. The fourth-order valence-electron chi connectivity index (χ4n) is 2.56. The van der Waals surface area contributed by atoms with Crippen molar-refractivity contribution in [1.82, 2.24) is 5.32 Å². The van der Waals surface area contributed by atoms with Gasteiger partial charge in [-0.05, 0) is 55.0 Å². The molecule has 1 amide bonds. The van der Waals surface area contributed by atoms with Gasteiger partial charge < -0.3 is 25.6 Å². The number of benzene rings is 3. The average Bonchev–Trinajstić information content (AvgIpc) is 2.83. The van der Waals surface area contributed by atoms with Gasteiger partial charge in [0.2, 0.25) is 0 Å². The van der Waals surface area contributed by atoms with Crippen molar-refractivity contribution in [1.29, 1.82) is 0 Å². The van der Waals surface area contributed by atoms with Gasteiger partial charge >= 0.3 is 12.1 Å². The van der Waals surface area contributed by atoms with Crippen LogP contribution in [0.25, 0.3) is 0 Å². The zero-order valence-corrected chi connectivity index (χ0v) is 20.1. The summed E-state index contributed by atoms with van der Waals surface area (Å²) in [6, 6.07) is 19.3. The Balaban J connectivity index is 0.000000310. The van der Waals surface area contributed by atoms with Crippen molar-refractivity contribution in [3.63, 3.8) is 0 Å². The molecule has 3 rings (SSSR count). The van der Waals surface area contributed by atoms with Crippen molar-refractivity contribution < 1.29 is 29.0 Å². The van der Waals surface area contributed by atoms with Gasteiger partial charge in [0.25, 0.3) is 0 Å². The lowest BCUT2D eigenvalue weighted by molar-refractivity contribution is 0.0697. The van der Waals surface area contributed by atoms with Crippen LogP contribution in [-0.2, 0) is 11.3 Å². The van der Waals surface area contributed by atoms with Crippen LogP contribution >= 0.6 is 15.9 Å². The maximum atomic E-state index is 11.6. The third-order valence-corrected chi connectivity index (χ3v) is 4.89. The lowest BCUT2D eigenvalue weighted by atomic mass is 10.2. The lowest BCUT2D eigenvalue weighted by Crippen LogP contribution is -2.28. The van der Waals surface area contributed by atoms with E-state index in [1.165, 1.54) is 6.07 Å². The molecule has 9 heteroatoms. The minimum atomic E-state index is -1.01. The third-order valence-electron chi connectivity index (χ3n) is 4.39. The molecule has 0 aliphatic heterocycles. The molecule has 0 saturated heterocycles. The molecular formula is C25H25BrN2O6. The smallest absolute Gasteiger partial charge is 0.407 e. The standard InChI is InChI=1S/C18H19NO4.C7H6BrNO2/c1-14-2-4-16(5-3-14)13-23-18(21)19-10-11-22-17-8-6-15(12-20)7-9-17;8-4-1-2-6(9)5(3-4)7(10)11/h2-9,12H,10-11,13H2,1H3,(H,19,21);1-3H,9H2,(H,10,11). The number of carboxylic acid groups (broad SMARTS) is 1. The number of halogens is 1. The largest absolute Gasteiger partial charge is 0.492 e. The van der Waals surface area contributed by atoms with Gasteiger partial charge in [-0.2, -0.15) is 0 Å². The molecule has 0 aromatic heterocycles. The second-order valence-corrected chi connectivity index (χ2v) is 7.98. The first kappa shape index (κ1) is 26.4. The number of hydrogen-bond donors (Lipinski definition) is 3. The SMILES string of the molecule is Cc1ccc(COC(=O)NCCOc2ccc(C=O)cc2)cc1.Nc1ccc(Br)cc1C(=O)O. The first-order chi connectivity index (χ1) is 16.3. The van der Waals surface area contributed by atoms with Crippen LogP contribution in [0.15, 0.2) is 71.2 Å². The molecule has 0 fully saturated rings. The van der Waals surface area contributed by atoms with Gasteiger partial charge in [0.15, 0.2) is 0 Å². The van der Waals surface area contributed by atoms with Crippen molar-refractivity contribution in [3.8, 4) is 5.75 Å². The fraction of sp³-hybridized carbons (Fsp3) is 0.160. The Labute approximate surface area is 205 Å². The molecular weight excluding hydrogens is 504 g/mol. The summed E-state index contributed by atoms with van der Waals surface area (Å²) >= 11 is 3.15. The number of carboxylic acids is 1. The number of carbonyl (C=O) groups excluding carboxylic acids is 2. The zero-order valence-electron chi connectivity index (χ0n) is 18.5. The van der Waals surface area contributed by atoms with Crippen molar-refractivity contribution in [2.45, 2.75) is 13.5 Å². The van der Waals surface area contributed by atoms with Crippen molar-refractivity contribution in [2.24, 2.45) is 0 Å². The van der Waals surface area contributed by atoms with Gasteiger partial charge in [-0.3, -0.25) is 4.79 Å².